The Morgan fingerprint density at radius 3 is 2.53 bits per heavy atom. The van der Waals surface area contributed by atoms with Crippen molar-refractivity contribution < 1.29 is 13.9 Å². The number of hydrogen-bond acceptors (Lipinski definition) is 3. The molecule has 2 aromatic rings. The van der Waals surface area contributed by atoms with Gasteiger partial charge in [-0.3, -0.25) is 4.99 Å². The second-order valence-corrected chi connectivity index (χ2v) is 8.46. The Hall–Kier alpha value is -1.71. The molecule has 2 fully saturated rings. The maximum Gasteiger partial charge on any atom is 0.193 e. The van der Waals surface area contributed by atoms with E-state index < -0.39 is 0 Å². The molecule has 2 aromatic carbocycles. The van der Waals surface area contributed by atoms with Crippen LogP contribution in [0, 0.1) is 12.7 Å². The summed E-state index contributed by atoms with van der Waals surface area (Å²) in [5, 5.41) is 3.62. The molecule has 2 aliphatic heterocycles. The van der Waals surface area contributed by atoms with E-state index in [1.165, 1.54) is 11.1 Å². The Kier molecular flexibility index (Phi) is 8.90. The van der Waals surface area contributed by atoms with E-state index in [4.69, 9.17) is 9.47 Å². The molecule has 32 heavy (non-hydrogen) atoms. The second-order valence-electron chi connectivity index (χ2n) is 8.46. The van der Waals surface area contributed by atoms with Gasteiger partial charge >= 0.3 is 0 Å². The summed E-state index contributed by atoms with van der Waals surface area (Å²) < 4.78 is 25.2. The molecule has 1 atom stereocenters. The molecule has 7 heteroatoms. The van der Waals surface area contributed by atoms with E-state index in [0.717, 1.165) is 44.0 Å². The molecule has 0 aliphatic carbocycles. The molecular weight excluding hydrogens is 520 g/mol. The second kappa shape index (κ2) is 11.4. The van der Waals surface area contributed by atoms with Gasteiger partial charge in [-0.2, -0.15) is 0 Å². The third-order valence-electron chi connectivity index (χ3n) is 6.60. The number of halogens is 2. The van der Waals surface area contributed by atoms with E-state index in [1.54, 1.807) is 12.1 Å². The van der Waals surface area contributed by atoms with Crippen molar-refractivity contribution in [2.24, 2.45) is 4.99 Å². The van der Waals surface area contributed by atoms with Crippen molar-refractivity contribution in [3.8, 4) is 0 Å². The van der Waals surface area contributed by atoms with Crippen LogP contribution in [0.4, 0.5) is 4.39 Å². The Labute approximate surface area is 207 Å². The molecule has 4 rings (SSSR count). The number of guanidine groups is 1. The average molecular weight is 553 g/mol. The number of hydrogen-bond donors (Lipinski definition) is 1. The van der Waals surface area contributed by atoms with Gasteiger partial charge in [0.05, 0.1) is 13.2 Å². The van der Waals surface area contributed by atoms with Crippen LogP contribution < -0.4 is 5.32 Å². The zero-order valence-electron chi connectivity index (χ0n) is 18.9. The predicted molar refractivity (Wildman–Crippen MR) is 136 cm³/mol. The molecule has 0 saturated carbocycles. The number of benzene rings is 2. The first-order valence-corrected chi connectivity index (χ1v) is 11.1. The summed E-state index contributed by atoms with van der Waals surface area (Å²) in [5.74, 6) is 0.681. The van der Waals surface area contributed by atoms with Crippen LogP contribution in [0.1, 0.15) is 35.6 Å². The van der Waals surface area contributed by atoms with Crippen molar-refractivity contribution in [2.45, 2.75) is 31.3 Å². The molecule has 0 spiro atoms. The van der Waals surface area contributed by atoms with E-state index in [1.807, 2.05) is 19.2 Å². The summed E-state index contributed by atoms with van der Waals surface area (Å²) in [6, 6.07) is 15.3. The van der Waals surface area contributed by atoms with Gasteiger partial charge in [-0.25, -0.2) is 4.39 Å². The first-order chi connectivity index (χ1) is 15.1. The molecule has 0 aromatic heterocycles. The number of ether oxygens (including phenoxy) is 2. The first kappa shape index (κ1) is 24.9. The third kappa shape index (κ3) is 5.61. The van der Waals surface area contributed by atoms with Gasteiger partial charge < -0.3 is 19.7 Å². The number of aryl methyl sites for hydroxylation is 1. The van der Waals surface area contributed by atoms with Crippen LogP contribution in [0.2, 0.25) is 0 Å². The number of nitrogens with one attached hydrogen (secondary N) is 1. The van der Waals surface area contributed by atoms with Crippen LogP contribution in [0.25, 0.3) is 0 Å². The summed E-state index contributed by atoms with van der Waals surface area (Å²) in [5.41, 5.74) is 3.54. The molecule has 5 nitrogen and oxygen atoms in total. The minimum atomic E-state index is -0.203. The summed E-state index contributed by atoms with van der Waals surface area (Å²) >= 11 is 0. The van der Waals surface area contributed by atoms with E-state index in [9.17, 15) is 4.39 Å². The highest BCUT2D eigenvalue weighted by Crippen LogP contribution is 2.34. The van der Waals surface area contributed by atoms with Crippen LogP contribution in [0.5, 0.6) is 0 Å². The summed E-state index contributed by atoms with van der Waals surface area (Å²) in [7, 11) is 1.83. The van der Waals surface area contributed by atoms with E-state index >= 15 is 0 Å². The van der Waals surface area contributed by atoms with Gasteiger partial charge in [-0.1, -0.05) is 36.4 Å². The van der Waals surface area contributed by atoms with Crippen molar-refractivity contribution in [1.29, 1.82) is 0 Å². The topological polar surface area (TPSA) is 46.1 Å². The van der Waals surface area contributed by atoms with Gasteiger partial charge in [0.25, 0.3) is 0 Å². The molecule has 0 radical (unpaired) electrons. The van der Waals surface area contributed by atoms with Crippen LogP contribution in [-0.4, -0.2) is 57.4 Å². The fourth-order valence-corrected chi connectivity index (χ4v) is 4.69. The van der Waals surface area contributed by atoms with Crippen LogP contribution in [0.15, 0.2) is 53.5 Å². The maximum absolute atomic E-state index is 13.5. The maximum atomic E-state index is 13.5. The van der Waals surface area contributed by atoms with Crippen LogP contribution in [-0.2, 0) is 14.9 Å². The van der Waals surface area contributed by atoms with Crippen molar-refractivity contribution in [3.05, 3.63) is 71.0 Å². The third-order valence-corrected chi connectivity index (χ3v) is 6.60. The zero-order chi connectivity index (χ0) is 21.7. The van der Waals surface area contributed by atoms with E-state index in [0.29, 0.717) is 19.8 Å². The van der Waals surface area contributed by atoms with E-state index in [2.05, 4.69) is 46.4 Å². The molecule has 1 N–H and O–H groups in total. The van der Waals surface area contributed by atoms with Crippen LogP contribution in [0.3, 0.4) is 0 Å². The lowest BCUT2D eigenvalue weighted by Crippen LogP contribution is -2.52. The van der Waals surface area contributed by atoms with Crippen molar-refractivity contribution in [2.75, 3.05) is 46.5 Å². The van der Waals surface area contributed by atoms with Gasteiger partial charge in [0.1, 0.15) is 11.9 Å². The molecule has 0 amide bonds. The van der Waals surface area contributed by atoms with Gasteiger partial charge in [0, 0.05) is 38.8 Å². The Morgan fingerprint density at radius 2 is 1.84 bits per heavy atom. The molecular formula is C25H33FIN3O2. The normalized spacial score (nSPS) is 21.0. The fourth-order valence-electron chi connectivity index (χ4n) is 4.69. The molecule has 2 aliphatic rings. The standard InChI is InChI=1S/C25H32FN3O2.HI/c1-19-5-3-4-6-22(19)23-17-29(13-16-31-23)24(27-2)28-18-25(11-14-30-15-12-25)20-7-9-21(26)10-8-20;/h3-10,23H,11-18H2,1-2H3,(H,27,28);1H. The van der Waals surface area contributed by atoms with Gasteiger partial charge in [-0.05, 0) is 48.6 Å². The SMILES string of the molecule is CN=C(NCC1(c2ccc(F)cc2)CCOCC1)N1CCOC(c2ccccc2C)C1.I. The lowest BCUT2D eigenvalue weighted by atomic mass is 9.74. The monoisotopic (exact) mass is 553 g/mol. The highest BCUT2D eigenvalue weighted by Gasteiger charge is 2.35. The highest BCUT2D eigenvalue weighted by molar-refractivity contribution is 14.0. The molecule has 2 saturated heterocycles. The first-order valence-electron chi connectivity index (χ1n) is 11.1. The summed E-state index contributed by atoms with van der Waals surface area (Å²) in [6.45, 7) is 6.51. The number of morpholine rings is 1. The lowest BCUT2D eigenvalue weighted by molar-refractivity contribution is -0.00863. The largest absolute Gasteiger partial charge is 0.381 e. The predicted octanol–water partition coefficient (Wildman–Crippen LogP) is 4.45. The summed E-state index contributed by atoms with van der Waals surface area (Å²) in [6.07, 6.45) is 1.83. The van der Waals surface area contributed by atoms with Gasteiger partial charge in [-0.15, -0.1) is 24.0 Å². The smallest absolute Gasteiger partial charge is 0.193 e. The van der Waals surface area contributed by atoms with Gasteiger partial charge in [0.15, 0.2) is 5.96 Å². The molecule has 1 unspecified atom stereocenters. The minimum absolute atomic E-state index is 0. The Balaban J connectivity index is 0.00000289. The van der Waals surface area contributed by atoms with Gasteiger partial charge in [0.2, 0.25) is 0 Å². The van der Waals surface area contributed by atoms with Crippen molar-refractivity contribution in [1.82, 2.24) is 10.2 Å². The lowest BCUT2D eigenvalue weighted by Gasteiger charge is -2.40. The number of aliphatic imine (C=N–C) groups is 1. The van der Waals surface area contributed by atoms with Crippen LogP contribution >= 0.6 is 24.0 Å². The zero-order valence-corrected chi connectivity index (χ0v) is 21.2. The van der Waals surface area contributed by atoms with E-state index in [-0.39, 0.29) is 41.3 Å². The minimum Gasteiger partial charge on any atom is -0.381 e. The number of rotatable bonds is 4. The molecule has 2 heterocycles. The fraction of sp³-hybridized carbons (Fsp3) is 0.480. The average Bonchev–Trinajstić information content (AvgIpc) is 2.81. The van der Waals surface area contributed by atoms with Crippen molar-refractivity contribution >= 4 is 29.9 Å². The quantitative estimate of drug-likeness (QED) is 0.346. The molecule has 174 valence electrons. The Bertz CT molecular complexity index is 900. The highest BCUT2D eigenvalue weighted by atomic mass is 127. The number of nitrogens with zero attached hydrogens (tertiary/aromatic N) is 2. The Morgan fingerprint density at radius 1 is 1.12 bits per heavy atom. The summed E-state index contributed by atoms with van der Waals surface area (Å²) in [4.78, 5) is 6.85. The molecule has 0 bridgehead atoms. The van der Waals surface area contributed by atoms with Crippen molar-refractivity contribution in [3.63, 3.8) is 0 Å².